The molecule has 4 aliphatic rings. The molecule has 2 aliphatic carbocycles. The van der Waals surface area contributed by atoms with E-state index in [9.17, 15) is 5.11 Å². The number of likely N-dealkylation sites (N-methyl/N-ethyl adjacent to an activating group) is 1. The molecule has 2 aliphatic heterocycles. The van der Waals surface area contributed by atoms with Crippen molar-refractivity contribution in [3.63, 3.8) is 0 Å². The molecule has 5 rings (SSSR count). The SMILES string of the molecule is CC[C@@]12CC3C(C(C)O)CC1C(Cc1ccccc12)N3C. The molecule has 5 unspecified atom stereocenters. The topological polar surface area (TPSA) is 23.5 Å². The Bertz CT molecular complexity index is 554. The summed E-state index contributed by atoms with van der Waals surface area (Å²) in [5, 5.41) is 10.2. The molecule has 114 valence electrons. The van der Waals surface area contributed by atoms with E-state index in [0.717, 1.165) is 0 Å². The van der Waals surface area contributed by atoms with Crippen molar-refractivity contribution in [2.24, 2.45) is 11.8 Å². The van der Waals surface area contributed by atoms with E-state index in [0.29, 0.717) is 29.3 Å². The van der Waals surface area contributed by atoms with Crippen molar-refractivity contribution in [2.45, 2.75) is 63.1 Å². The zero-order chi connectivity index (χ0) is 14.8. The number of benzene rings is 1. The fraction of sp³-hybridized carbons (Fsp3) is 0.684. The highest BCUT2D eigenvalue weighted by atomic mass is 16.3. The Balaban J connectivity index is 1.84. The Hall–Kier alpha value is -0.860. The molecule has 4 bridgehead atoms. The second kappa shape index (κ2) is 4.57. The maximum absolute atomic E-state index is 10.2. The van der Waals surface area contributed by atoms with Crippen LogP contribution in [-0.4, -0.2) is 35.2 Å². The molecule has 0 radical (unpaired) electrons. The molecule has 2 saturated heterocycles. The highest BCUT2D eigenvalue weighted by molar-refractivity contribution is 5.42. The standard InChI is InChI=1S/C19H27NO/c1-4-19-11-18-14(12(2)21)10-16(19)17(20(18)3)9-13-7-5-6-8-15(13)19/h5-8,12,14,16-18,21H,4,9-11H2,1-3H3/t12?,14?,16?,17?,18?,19-/m0/s1. The molecule has 0 aromatic heterocycles. The van der Waals surface area contributed by atoms with Crippen molar-refractivity contribution in [3.8, 4) is 0 Å². The highest BCUT2D eigenvalue weighted by Crippen LogP contribution is 2.59. The molecule has 3 fully saturated rings. The summed E-state index contributed by atoms with van der Waals surface area (Å²) < 4.78 is 0. The second-order valence-corrected chi connectivity index (χ2v) is 7.62. The van der Waals surface area contributed by atoms with Crippen molar-refractivity contribution < 1.29 is 5.11 Å². The summed E-state index contributed by atoms with van der Waals surface area (Å²) in [5.41, 5.74) is 3.56. The molecule has 1 aromatic carbocycles. The zero-order valence-corrected chi connectivity index (χ0v) is 13.4. The lowest BCUT2D eigenvalue weighted by molar-refractivity contribution is -0.121. The number of nitrogens with zero attached hydrogens (tertiary/aromatic N) is 1. The monoisotopic (exact) mass is 285 g/mol. The Morgan fingerprint density at radius 2 is 2.10 bits per heavy atom. The fourth-order valence-corrected chi connectivity index (χ4v) is 5.97. The Kier molecular flexibility index (Phi) is 3.00. The average molecular weight is 285 g/mol. The number of hydrogen-bond acceptors (Lipinski definition) is 2. The summed E-state index contributed by atoms with van der Waals surface area (Å²) in [6, 6.07) is 10.4. The minimum absolute atomic E-state index is 0.176. The van der Waals surface area contributed by atoms with Gasteiger partial charge in [0.2, 0.25) is 0 Å². The van der Waals surface area contributed by atoms with Crippen molar-refractivity contribution in [1.29, 1.82) is 0 Å². The predicted molar refractivity (Wildman–Crippen MR) is 85.3 cm³/mol. The lowest BCUT2D eigenvalue weighted by atomic mass is 9.48. The van der Waals surface area contributed by atoms with Crippen molar-refractivity contribution in [3.05, 3.63) is 35.4 Å². The molecule has 1 N–H and O–H groups in total. The van der Waals surface area contributed by atoms with Crippen molar-refractivity contribution in [1.82, 2.24) is 4.90 Å². The van der Waals surface area contributed by atoms with E-state index < -0.39 is 0 Å². The smallest absolute Gasteiger partial charge is 0.0555 e. The molecular weight excluding hydrogens is 258 g/mol. The van der Waals surface area contributed by atoms with E-state index in [-0.39, 0.29) is 6.10 Å². The van der Waals surface area contributed by atoms with Crippen LogP contribution in [0.1, 0.15) is 44.2 Å². The van der Waals surface area contributed by atoms with Gasteiger partial charge >= 0.3 is 0 Å². The second-order valence-electron chi connectivity index (χ2n) is 7.62. The van der Waals surface area contributed by atoms with E-state index >= 15 is 0 Å². The first-order chi connectivity index (χ1) is 10.1. The van der Waals surface area contributed by atoms with Gasteiger partial charge in [-0.1, -0.05) is 31.2 Å². The van der Waals surface area contributed by atoms with Crippen LogP contribution in [-0.2, 0) is 11.8 Å². The van der Waals surface area contributed by atoms with Crippen LogP contribution in [0.15, 0.2) is 24.3 Å². The summed E-state index contributed by atoms with van der Waals surface area (Å²) in [6.07, 6.45) is 4.70. The van der Waals surface area contributed by atoms with Crippen LogP contribution >= 0.6 is 0 Å². The lowest BCUT2D eigenvalue weighted by Crippen LogP contribution is -2.69. The van der Waals surface area contributed by atoms with Gasteiger partial charge in [0.05, 0.1) is 6.10 Å². The van der Waals surface area contributed by atoms with Crippen LogP contribution in [0.3, 0.4) is 0 Å². The van der Waals surface area contributed by atoms with Gasteiger partial charge in [0.25, 0.3) is 0 Å². The maximum Gasteiger partial charge on any atom is 0.0555 e. The van der Waals surface area contributed by atoms with Gasteiger partial charge in [0, 0.05) is 23.4 Å². The van der Waals surface area contributed by atoms with E-state index in [1.165, 1.54) is 25.7 Å². The minimum Gasteiger partial charge on any atom is -0.393 e. The van der Waals surface area contributed by atoms with Crippen molar-refractivity contribution in [2.75, 3.05) is 7.05 Å². The van der Waals surface area contributed by atoms with Gasteiger partial charge in [-0.15, -0.1) is 0 Å². The number of hydrogen-bond donors (Lipinski definition) is 1. The molecular formula is C19H27NO. The van der Waals surface area contributed by atoms with Crippen molar-refractivity contribution >= 4 is 0 Å². The van der Waals surface area contributed by atoms with Crippen LogP contribution in [0.25, 0.3) is 0 Å². The van der Waals surface area contributed by atoms with Gasteiger partial charge in [0.1, 0.15) is 0 Å². The molecule has 1 aromatic rings. The minimum atomic E-state index is -0.176. The Morgan fingerprint density at radius 1 is 1.33 bits per heavy atom. The quantitative estimate of drug-likeness (QED) is 0.903. The van der Waals surface area contributed by atoms with E-state index in [2.05, 4.69) is 43.1 Å². The number of piperidine rings is 2. The average Bonchev–Trinajstić information content (AvgIpc) is 2.50. The molecule has 1 saturated carbocycles. The van der Waals surface area contributed by atoms with Crippen LogP contribution in [0.4, 0.5) is 0 Å². The van der Waals surface area contributed by atoms with E-state index in [4.69, 9.17) is 0 Å². The molecule has 2 heteroatoms. The maximum atomic E-state index is 10.2. The van der Waals surface area contributed by atoms with Crippen LogP contribution in [0.5, 0.6) is 0 Å². The van der Waals surface area contributed by atoms with Gasteiger partial charge < -0.3 is 5.11 Å². The largest absolute Gasteiger partial charge is 0.393 e. The third kappa shape index (κ3) is 1.66. The normalized spacial score (nSPS) is 42.7. The molecule has 0 amide bonds. The van der Waals surface area contributed by atoms with Gasteiger partial charge in [-0.25, -0.2) is 0 Å². The Labute approximate surface area is 128 Å². The van der Waals surface area contributed by atoms with Gasteiger partial charge in [-0.05, 0) is 56.7 Å². The summed E-state index contributed by atoms with van der Waals surface area (Å²) in [6.45, 7) is 4.36. The highest BCUT2D eigenvalue weighted by Gasteiger charge is 2.60. The summed E-state index contributed by atoms with van der Waals surface area (Å²) in [7, 11) is 2.30. The van der Waals surface area contributed by atoms with Gasteiger partial charge in [-0.3, -0.25) is 4.90 Å². The van der Waals surface area contributed by atoms with E-state index in [1.54, 1.807) is 11.1 Å². The van der Waals surface area contributed by atoms with Gasteiger partial charge in [-0.2, -0.15) is 0 Å². The molecule has 0 spiro atoms. The first-order valence-electron chi connectivity index (χ1n) is 8.57. The number of rotatable bonds is 2. The summed E-state index contributed by atoms with van der Waals surface area (Å²) >= 11 is 0. The van der Waals surface area contributed by atoms with E-state index in [1.807, 2.05) is 6.92 Å². The number of aliphatic hydroxyl groups excluding tert-OH is 1. The summed E-state index contributed by atoms with van der Waals surface area (Å²) in [4.78, 5) is 2.61. The zero-order valence-electron chi connectivity index (χ0n) is 13.4. The predicted octanol–water partition coefficient (Wildman–Crippen LogP) is 2.98. The summed E-state index contributed by atoms with van der Waals surface area (Å²) in [5.74, 6) is 1.17. The third-order valence-corrected chi connectivity index (χ3v) is 7.05. The lowest BCUT2D eigenvalue weighted by Gasteiger charge is -2.65. The molecule has 6 atom stereocenters. The third-order valence-electron chi connectivity index (χ3n) is 7.05. The van der Waals surface area contributed by atoms with Gasteiger partial charge in [0.15, 0.2) is 0 Å². The first kappa shape index (κ1) is 13.8. The molecule has 2 heterocycles. The first-order valence-corrected chi connectivity index (χ1v) is 8.57. The Morgan fingerprint density at radius 3 is 2.81 bits per heavy atom. The number of aliphatic hydroxyl groups is 1. The van der Waals surface area contributed by atoms with Crippen LogP contribution < -0.4 is 0 Å². The van der Waals surface area contributed by atoms with Crippen LogP contribution in [0.2, 0.25) is 0 Å². The molecule has 2 nitrogen and oxygen atoms in total. The van der Waals surface area contributed by atoms with Crippen LogP contribution in [0, 0.1) is 11.8 Å². The molecule has 21 heavy (non-hydrogen) atoms. The fourth-order valence-electron chi connectivity index (χ4n) is 5.97. The number of fused-ring (bicyclic) bond motifs is 2.